The number of hydrogen-bond donors (Lipinski definition) is 1. The second-order valence-corrected chi connectivity index (χ2v) is 20.0. The van der Waals surface area contributed by atoms with Gasteiger partial charge in [0, 0.05) is 99.7 Å². The Bertz CT molecular complexity index is 2580. The van der Waals surface area contributed by atoms with Crippen molar-refractivity contribution in [2.45, 2.75) is 64.1 Å². The van der Waals surface area contributed by atoms with Gasteiger partial charge in [0.25, 0.3) is 0 Å². The molecule has 2 fully saturated rings. The lowest BCUT2D eigenvalue weighted by atomic mass is 10.1. The molecule has 4 aromatic carbocycles. The zero-order valence-corrected chi connectivity index (χ0v) is 39.5. The highest BCUT2D eigenvalue weighted by atomic mass is 32.1. The van der Waals surface area contributed by atoms with Gasteiger partial charge < -0.3 is 34.6 Å². The summed E-state index contributed by atoms with van der Waals surface area (Å²) >= 11 is 3.27. The van der Waals surface area contributed by atoms with Crippen molar-refractivity contribution in [3.63, 3.8) is 0 Å². The zero-order chi connectivity index (χ0) is 45.2. The highest BCUT2D eigenvalue weighted by Gasteiger charge is 2.31. The summed E-state index contributed by atoms with van der Waals surface area (Å²) in [6, 6.07) is 27.4. The fraction of sp³-hybridized carbons (Fsp3) is 0.392. The lowest BCUT2D eigenvalue weighted by Gasteiger charge is -2.37. The van der Waals surface area contributed by atoms with Crippen molar-refractivity contribution in [1.29, 1.82) is 0 Å². The number of amides is 1. The number of benzene rings is 4. The minimum Gasteiger partial charge on any atom is -0.444 e. The van der Waals surface area contributed by atoms with Crippen molar-refractivity contribution in [2.24, 2.45) is 0 Å². The number of hydrogen-bond acceptors (Lipinski definition) is 11. The molecule has 340 valence electrons. The third-order valence-corrected chi connectivity index (χ3v) is 14.8. The third-order valence-electron chi connectivity index (χ3n) is 12.9. The smallest absolute Gasteiger partial charge is 0.410 e. The molecule has 10 nitrogen and oxygen atoms in total. The quantitative estimate of drug-likeness (QED) is 0.161. The standard InChI is InChI=1S/C28H33FN4O2S.C23H25FN4S/c1-28(2,3)35-27(34)33-15-13-32(14-16-33)22-11-7-19-8-12-25(23(19)17-22)31(4)26-30-24(18-36-26)20-5-9-21(29)10-6-20;1-27(23-26-21(15-29-23)17-2-6-18(24)7-3-17)22-9-5-16-4-8-19(14-20(16)22)28-12-10-25-11-13-28/h5-7,9-11,17-18,25H,8,12-16H2,1-4H3;2-4,6-8,14-15,22,25H,5,9-13H2,1H3. The number of ether oxygens (including phenoxy) is 1. The minimum absolute atomic E-state index is 0.218. The Morgan fingerprint density at radius 1 is 0.662 bits per heavy atom. The van der Waals surface area contributed by atoms with Gasteiger partial charge in [-0.2, -0.15) is 0 Å². The van der Waals surface area contributed by atoms with Gasteiger partial charge >= 0.3 is 6.09 Å². The first-order valence-corrected chi connectivity index (χ1v) is 24.5. The van der Waals surface area contributed by atoms with Crippen LogP contribution in [0.3, 0.4) is 0 Å². The maximum absolute atomic E-state index is 13.3. The van der Waals surface area contributed by atoms with E-state index in [-0.39, 0.29) is 23.8 Å². The second-order valence-electron chi connectivity index (χ2n) is 18.3. The number of nitrogens with zero attached hydrogens (tertiary/aromatic N) is 7. The third kappa shape index (κ3) is 10.1. The van der Waals surface area contributed by atoms with Crippen LogP contribution in [-0.4, -0.2) is 93.0 Å². The molecule has 0 spiro atoms. The number of rotatable bonds is 8. The molecule has 1 N–H and O–H groups in total. The van der Waals surface area contributed by atoms with E-state index >= 15 is 0 Å². The lowest BCUT2D eigenvalue weighted by Crippen LogP contribution is -2.50. The Labute approximate surface area is 389 Å². The molecule has 6 aromatic rings. The van der Waals surface area contributed by atoms with Crippen LogP contribution >= 0.6 is 22.7 Å². The fourth-order valence-corrected chi connectivity index (χ4v) is 11.1. The molecular formula is C51H58F2N8O2S2. The van der Waals surface area contributed by atoms with Gasteiger partial charge in [-0.3, -0.25) is 0 Å². The monoisotopic (exact) mass is 916 g/mol. The summed E-state index contributed by atoms with van der Waals surface area (Å²) < 4.78 is 32.1. The normalized spacial score (nSPS) is 18.2. The summed E-state index contributed by atoms with van der Waals surface area (Å²) in [6.45, 7) is 12.8. The van der Waals surface area contributed by atoms with E-state index in [2.05, 4.69) is 80.8 Å². The number of thiazole rings is 2. The molecule has 2 aromatic heterocycles. The SMILES string of the molecule is CN(c1nc(-c2ccc(F)cc2)cs1)C1CCc2ccc(N3CCN(C(=O)OC(C)(C)C)CC3)cc21.CN(c1nc(-c2ccc(F)cc2)cs1)C1CCc2ccc(N3CCNCC3)cc21. The van der Waals surface area contributed by atoms with Gasteiger partial charge in [0.15, 0.2) is 10.3 Å². The number of nitrogens with one attached hydrogen (secondary N) is 1. The van der Waals surface area contributed by atoms with E-state index in [0.29, 0.717) is 19.1 Å². The van der Waals surface area contributed by atoms with E-state index in [1.807, 2.05) is 26.2 Å². The van der Waals surface area contributed by atoms with E-state index in [1.54, 1.807) is 51.8 Å². The van der Waals surface area contributed by atoms with Crippen LogP contribution in [-0.2, 0) is 17.6 Å². The molecule has 1 amide bonds. The molecule has 4 aliphatic rings. The van der Waals surface area contributed by atoms with Gasteiger partial charge in [0.2, 0.25) is 0 Å². The molecule has 2 aliphatic heterocycles. The van der Waals surface area contributed by atoms with Gasteiger partial charge in [-0.15, -0.1) is 22.7 Å². The molecule has 2 saturated heterocycles. The van der Waals surface area contributed by atoms with E-state index < -0.39 is 5.60 Å². The Balaban J connectivity index is 0.000000168. The molecule has 2 atom stereocenters. The maximum atomic E-state index is 13.3. The zero-order valence-electron chi connectivity index (χ0n) is 37.9. The largest absolute Gasteiger partial charge is 0.444 e. The molecular weight excluding hydrogens is 859 g/mol. The Kier molecular flexibility index (Phi) is 13.1. The molecule has 14 heteroatoms. The highest BCUT2D eigenvalue weighted by molar-refractivity contribution is 7.14. The number of aryl methyl sites for hydroxylation is 2. The van der Waals surface area contributed by atoms with Crippen molar-refractivity contribution >= 4 is 50.4 Å². The number of fused-ring (bicyclic) bond motifs is 2. The van der Waals surface area contributed by atoms with Gasteiger partial charge in [0.1, 0.15) is 17.2 Å². The van der Waals surface area contributed by atoms with Crippen LogP contribution in [0.2, 0.25) is 0 Å². The molecule has 0 bridgehead atoms. The summed E-state index contributed by atoms with van der Waals surface area (Å²) in [7, 11) is 4.25. The summed E-state index contributed by atoms with van der Waals surface area (Å²) in [5.74, 6) is -0.458. The number of piperazine rings is 2. The highest BCUT2D eigenvalue weighted by Crippen LogP contribution is 2.43. The van der Waals surface area contributed by atoms with Crippen LogP contribution < -0.4 is 24.9 Å². The summed E-state index contributed by atoms with van der Waals surface area (Å²) in [5.41, 5.74) is 11.3. The molecule has 10 rings (SSSR count). The van der Waals surface area contributed by atoms with Crippen LogP contribution in [0, 0.1) is 11.6 Å². The van der Waals surface area contributed by atoms with E-state index in [1.165, 1.54) is 57.9 Å². The fourth-order valence-electron chi connectivity index (χ4n) is 9.36. The number of carbonyl (C=O) groups excluding carboxylic acids is 1. The van der Waals surface area contributed by atoms with Crippen LogP contribution in [0.25, 0.3) is 22.5 Å². The minimum atomic E-state index is -0.480. The number of anilines is 4. The molecule has 2 unspecified atom stereocenters. The Morgan fingerprint density at radius 3 is 1.55 bits per heavy atom. The van der Waals surface area contributed by atoms with E-state index in [0.717, 1.165) is 97.7 Å². The first-order chi connectivity index (χ1) is 31.4. The first-order valence-electron chi connectivity index (χ1n) is 22.7. The van der Waals surface area contributed by atoms with Crippen molar-refractivity contribution in [3.05, 3.63) is 130 Å². The summed E-state index contributed by atoms with van der Waals surface area (Å²) in [6.07, 6.45) is 4.09. The van der Waals surface area contributed by atoms with Crippen LogP contribution in [0.15, 0.2) is 95.7 Å². The first kappa shape index (κ1) is 44.6. The lowest BCUT2D eigenvalue weighted by molar-refractivity contribution is 0.0240. The van der Waals surface area contributed by atoms with Crippen LogP contribution in [0.5, 0.6) is 0 Å². The van der Waals surface area contributed by atoms with Crippen molar-refractivity contribution < 1.29 is 18.3 Å². The molecule has 0 radical (unpaired) electrons. The molecule has 2 aliphatic carbocycles. The van der Waals surface area contributed by atoms with Gasteiger partial charge in [-0.25, -0.2) is 23.5 Å². The maximum Gasteiger partial charge on any atom is 0.410 e. The van der Waals surface area contributed by atoms with E-state index in [4.69, 9.17) is 14.7 Å². The Morgan fingerprint density at radius 2 is 1.11 bits per heavy atom. The molecule has 65 heavy (non-hydrogen) atoms. The van der Waals surface area contributed by atoms with Crippen molar-refractivity contribution in [3.8, 4) is 22.5 Å². The van der Waals surface area contributed by atoms with Gasteiger partial charge in [-0.05, 0) is 142 Å². The van der Waals surface area contributed by atoms with Gasteiger partial charge in [-0.1, -0.05) is 12.1 Å². The summed E-state index contributed by atoms with van der Waals surface area (Å²) in [4.78, 5) is 33.3. The number of aromatic nitrogens is 2. The van der Waals surface area contributed by atoms with Crippen LogP contribution in [0.1, 0.15) is 68.0 Å². The summed E-state index contributed by atoms with van der Waals surface area (Å²) in [5, 5.41) is 9.50. The van der Waals surface area contributed by atoms with Crippen molar-refractivity contribution in [1.82, 2.24) is 20.2 Å². The van der Waals surface area contributed by atoms with Crippen LogP contribution in [0.4, 0.5) is 35.2 Å². The van der Waals surface area contributed by atoms with E-state index in [9.17, 15) is 13.6 Å². The van der Waals surface area contributed by atoms with Crippen molar-refractivity contribution in [2.75, 3.05) is 86.1 Å². The average molecular weight is 917 g/mol. The predicted octanol–water partition coefficient (Wildman–Crippen LogP) is 10.6. The number of halogens is 2. The van der Waals surface area contributed by atoms with Gasteiger partial charge in [0.05, 0.1) is 23.5 Å². The topological polar surface area (TPSA) is 80.3 Å². The molecule has 0 saturated carbocycles. The average Bonchev–Trinajstić information content (AvgIpc) is 4.16. The molecule has 4 heterocycles. The Hall–Kier alpha value is -5.57. The predicted molar refractivity (Wildman–Crippen MR) is 262 cm³/mol. The second kappa shape index (κ2) is 19.1. The number of carbonyl (C=O) groups is 1.